The van der Waals surface area contributed by atoms with Crippen molar-refractivity contribution >= 4 is 36.9 Å². The SMILES string of the molecule is CC1(C)C=Cc2cc3c(cc21)[cH-]c1cc2c(cc13)C=CC2(C)C.CC1=CC(C)[C-]=C1.[Cl-].[Cl-].[Zr+2]=[C](Cc1ccccc1)Cc1ccccc1. The Morgan fingerprint density at radius 2 is 1.15 bits per heavy atom. The van der Waals surface area contributed by atoms with Crippen LogP contribution in [0.4, 0.5) is 0 Å². The molecule has 0 saturated carbocycles. The van der Waals surface area contributed by atoms with Gasteiger partial charge in [0, 0.05) is 10.8 Å². The van der Waals surface area contributed by atoms with Crippen LogP contribution in [-0.4, -0.2) is 3.21 Å². The second-order valence-electron chi connectivity index (χ2n) is 14.2. The molecule has 1 unspecified atom stereocenters. The number of hydrogen-bond donors (Lipinski definition) is 0. The molecule has 0 N–H and O–H groups in total. The van der Waals surface area contributed by atoms with Crippen molar-refractivity contribution in [3.05, 3.63) is 160 Å². The molecule has 0 spiro atoms. The van der Waals surface area contributed by atoms with Crippen LogP contribution in [0.5, 0.6) is 0 Å². The zero-order valence-corrected chi connectivity index (χ0v) is 32.8. The third-order valence-corrected chi connectivity index (χ3v) is 10.3. The van der Waals surface area contributed by atoms with E-state index in [0.717, 1.165) is 12.8 Å². The molecule has 3 heteroatoms. The Bertz CT molecular complexity index is 1890. The third-order valence-electron chi connectivity index (χ3n) is 9.40. The van der Waals surface area contributed by atoms with Gasteiger partial charge in [0.25, 0.3) is 0 Å². The molecule has 0 saturated heterocycles. The monoisotopic (exact) mass is 744 g/mol. The predicted octanol–water partition coefficient (Wildman–Crippen LogP) is 5.46. The minimum atomic E-state index is 0. The van der Waals surface area contributed by atoms with Crippen LogP contribution in [0, 0.1) is 12.0 Å². The molecular formula is C45H44Cl2Zr-2. The summed E-state index contributed by atoms with van der Waals surface area (Å²) < 4.78 is 1.60. The standard InChI is InChI=1S/C23H21.C15H14.C7H9.2ClH.Zr/c1-22(2)7-5-14-10-18-16(12-20(14)22)9-17-13-21-15(11-19(17)18)6-8-23(21,3)4;1-3-8-14(9-4-1)12-7-13-15-10-5-2-6-11-15;1-6-3-4-7(2)5-6;;;/h5-13H,1-4H3;1-6,8-11H,12-13H2;3,5,7H,1-2H3;2*1H;/q-1;;-1;;;+2/p-2. The Hall–Kier alpha value is -2.96. The third kappa shape index (κ3) is 8.60. The molecule has 1 atom stereocenters. The Labute approximate surface area is 315 Å². The molecule has 3 aliphatic rings. The first-order chi connectivity index (χ1) is 22.0. The molecule has 3 aliphatic carbocycles. The molecule has 0 amide bonds. The van der Waals surface area contributed by atoms with Crippen molar-refractivity contribution in [3.8, 4) is 0 Å². The van der Waals surface area contributed by atoms with Crippen LogP contribution >= 0.6 is 0 Å². The Kier molecular flexibility index (Phi) is 12.4. The van der Waals surface area contributed by atoms with E-state index in [2.05, 4.69) is 169 Å². The minimum absolute atomic E-state index is 0. The summed E-state index contributed by atoms with van der Waals surface area (Å²) in [4.78, 5) is 0. The van der Waals surface area contributed by atoms with Crippen LogP contribution in [0.2, 0.25) is 0 Å². The van der Waals surface area contributed by atoms with Crippen molar-refractivity contribution in [3.63, 3.8) is 0 Å². The normalized spacial score (nSPS) is 16.9. The maximum absolute atomic E-state index is 3.15. The van der Waals surface area contributed by atoms with Crippen LogP contribution in [-0.2, 0) is 47.9 Å². The number of rotatable bonds is 4. The van der Waals surface area contributed by atoms with Gasteiger partial charge in [-0.25, -0.2) is 11.6 Å². The van der Waals surface area contributed by atoms with E-state index in [1.54, 1.807) is 27.4 Å². The second kappa shape index (κ2) is 15.7. The van der Waals surface area contributed by atoms with E-state index in [0.29, 0.717) is 5.92 Å². The summed E-state index contributed by atoms with van der Waals surface area (Å²) in [5.41, 5.74) is 10.2. The van der Waals surface area contributed by atoms with Gasteiger partial charge in [0.2, 0.25) is 0 Å². The zero-order valence-electron chi connectivity index (χ0n) is 28.9. The van der Waals surface area contributed by atoms with Gasteiger partial charge in [0.1, 0.15) is 0 Å². The Morgan fingerprint density at radius 3 is 1.50 bits per heavy atom. The van der Waals surface area contributed by atoms with Crippen LogP contribution < -0.4 is 24.8 Å². The topological polar surface area (TPSA) is 0 Å². The quantitative estimate of drug-likeness (QED) is 0.215. The van der Waals surface area contributed by atoms with Gasteiger partial charge in [-0.1, -0.05) is 88.1 Å². The van der Waals surface area contributed by atoms with Gasteiger partial charge in [0.15, 0.2) is 0 Å². The average molecular weight is 747 g/mol. The Balaban J connectivity index is 0.000000182. The van der Waals surface area contributed by atoms with Gasteiger partial charge in [-0.2, -0.15) is 6.08 Å². The first-order valence-corrected chi connectivity index (χ1v) is 17.7. The molecule has 5 aromatic rings. The van der Waals surface area contributed by atoms with Gasteiger partial charge in [0.05, 0.1) is 0 Å². The average Bonchev–Trinajstić information content (AvgIpc) is 3.75. The molecular weight excluding hydrogens is 703 g/mol. The van der Waals surface area contributed by atoms with E-state index in [4.69, 9.17) is 0 Å². The van der Waals surface area contributed by atoms with E-state index < -0.39 is 0 Å². The first-order valence-electron chi connectivity index (χ1n) is 16.5. The van der Waals surface area contributed by atoms with Gasteiger partial charge in [-0.05, 0) is 11.1 Å². The molecule has 0 radical (unpaired) electrons. The van der Waals surface area contributed by atoms with E-state index in [-0.39, 0.29) is 35.6 Å². The summed E-state index contributed by atoms with van der Waals surface area (Å²) in [5, 5.41) is 5.53. The second-order valence-corrected chi connectivity index (χ2v) is 16.0. The summed E-state index contributed by atoms with van der Waals surface area (Å²) in [7, 11) is 0. The number of fused-ring (bicyclic) bond motifs is 5. The summed E-state index contributed by atoms with van der Waals surface area (Å²) in [6.45, 7) is 13.4. The summed E-state index contributed by atoms with van der Waals surface area (Å²) in [6, 6.07) is 33.3. The van der Waals surface area contributed by atoms with E-state index in [1.165, 1.54) is 60.5 Å². The van der Waals surface area contributed by atoms with E-state index in [1.807, 2.05) is 6.08 Å². The van der Waals surface area contributed by atoms with Gasteiger partial charge < -0.3 is 24.8 Å². The summed E-state index contributed by atoms with van der Waals surface area (Å²) in [5.74, 6) is 0.556. The molecule has 8 rings (SSSR count). The van der Waals surface area contributed by atoms with Crippen molar-refractivity contribution in [1.29, 1.82) is 0 Å². The molecule has 0 heterocycles. The number of halogens is 2. The zero-order chi connectivity index (χ0) is 32.5. The van der Waals surface area contributed by atoms with E-state index >= 15 is 0 Å². The van der Waals surface area contributed by atoms with Gasteiger partial charge in [-0.15, -0.1) is 46.7 Å². The van der Waals surface area contributed by atoms with Crippen molar-refractivity contribution in [2.75, 3.05) is 0 Å². The summed E-state index contributed by atoms with van der Waals surface area (Å²) in [6.07, 6.45) is 18.8. The van der Waals surface area contributed by atoms with Crippen LogP contribution in [0.1, 0.15) is 74.9 Å². The van der Waals surface area contributed by atoms with Gasteiger partial charge in [-0.3, -0.25) is 6.08 Å². The molecule has 244 valence electrons. The van der Waals surface area contributed by atoms with Crippen LogP contribution in [0.15, 0.2) is 121 Å². The Morgan fingerprint density at radius 1 is 0.708 bits per heavy atom. The molecule has 5 aromatic carbocycles. The summed E-state index contributed by atoms with van der Waals surface area (Å²) >= 11 is 1.55. The molecule has 48 heavy (non-hydrogen) atoms. The number of allylic oxidation sites excluding steroid dienone is 6. The number of hydrogen-bond acceptors (Lipinski definition) is 0. The van der Waals surface area contributed by atoms with Gasteiger partial charge >= 0.3 is 112 Å². The van der Waals surface area contributed by atoms with Crippen molar-refractivity contribution in [2.24, 2.45) is 5.92 Å². The molecule has 0 nitrogen and oxygen atoms in total. The van der Waals surface area contributed by atoms with Crippen molar-refractivity contribution in [1.82, 2.24) is 0 Å². The molecule has 0 bridgehead atoms. The van der Waals surface area contributed by atoms with Crippen molar-refractivity contribution in [2.45, 2.75) is 65.2 Å². The molecule has 0 fully saturated rings. The number of benzene rings is 4. The first kappa shape index (κ1) is 37.9. The maximum atomic E-state index is 3.15. The van der Waals surface area contributed by atoms with Crippen LogP contribution in [0.25, 0.3) is 33.7 Å². The molecule has 0 aliphatic heterocycles. The van der Waals surface area contributed by atoms with Crippen molar-refractivity contribution < 1.29 is 49.0 Å². The fraction of sp³-hybridized carbons (Fsp3) is 0.244. The molecule has 0 aromatic heterocycles. The fourth-order valence-corrected chi connectivity index (χ4v) is 7.81. The fourth-order valence-electron chi connectivity index (χ4n) is 6.81. The predicted molar refractivity (Wildman–Crippen MR) is 197 cm³/mol. The van der Waals surface area contributed by atoms with Crippen LogP contribution in [0.3, 0.4) is 0 Å². The van der Waals surface area contributed by atoms with E-state index in [9.17, 15) is 0 Å².